The van der Waals surface area contributed by atoms with Crippen LogP contribution >= 0.6 is 11.6 Å². The van der Waals surface area contributed by atoms with E-state index in [0.717, 1.165) is 0 Å². The minimum atomic E-state index is -1.08. The van der Waals surface area contributed by atoms with Gasteiger partial charge in [-0.3, -0.25) is 0 Å². The number of hydrogen-bond donors (Lipinski definition) is 0. The summed E-state index contributed by atoms with van der Waals surface area (Å²) in [6.07, 6.45) is 0. The minimum Gasteiger partial charge on any atom is -0.457 e. The maximum Gasteiger partial charge on any atom is 0.160 e. The molecule has 3 aromatic carbocycles. The third kappa shape index (κ3) is 3.86. The van der Waals surface area contributed by atoms with Crippen molar-refractivity contribution in [3.63, 3.8) is 0 Å². The van der Waals surface area contributed by atoms with E-state index in [4.69, 9.17) is 16.3 Å². The third-order valence-electron chi connectivity index (χ3n) is 4.48. The van der Waals surface area contributed by atoms with Crippen LogP contribution in [0.25, 0.3) is 22.3 Å². The lowest BCUT2D eigenvalue weighted by Crippen LogP contribution is -2.01. The van der Waals surface area contributed by atoms with Gasteiger partial charge in [0.15, 0.2) is 5.15 Å². The molecule has 0 aliphatic heterocycles. The SMILES string of the molecule is Cc1nnc(Cl)c(-c2c(F)cc(F)cc2F)c1-c1ccc(Oc2ccccc2)cc1. The molecule has 0 unspecified atom stereocenters. The van der Waals surface area contributed by atoms with Crippen LogP contribution in [0.3, 0.4) is 0 Å². The van der Waals surface area contributed by atoms with Gasteiger partial charge in [0.2, 0.25) is 0 Å². The average Bonchev–Trinajstić information content (AvgIpc) is 2.71. The molecule has 0 fully saturated rings. The summed E-state index contributed by atoms with van der Waals surface area (Å²) in [4.78, 5) is 0. The van der Waals surface area contributed by atoms with Crippen LogP contribution < -0.4 is 4.74 Å². The van der Waals surface area contributed by atoms with Gasteiger partial charge < -0.3 is 4.74 Å². The van der Waals surface area contributed by atoms with Gasteiger partial charge in [-0.15, -0.1) is 5.10 Å². The Hall–Kier alpha value is -3.38. The van der Waals surface area contributed by atoms with Crippen molar-refractivity contribution in [1.82, 2.24) is 10.2 Å². The van der Waals surface area contributed by atoms with Gasteiger partial charge in [-0.1, -0.05) is 41.9 Å². The summed E-state index contributed by atoms with van der Waals surface area (Å²) in [6.45, 7) is 1.65. The predicted octanol–water partition coefficient (Wildman–Crippen LogP) is 6.98. The maximum atomic E-state index is 14.5. The molecule has 0 amide bonds. The lowest BCUT2D eigenvalue weighted by molar-refractivity contribution is 0.483. The third-order valence-corrected chi connectivity index (χ3v) is 4.75. The molecule has 4 rings (SSSR count). The van der Waals surface area contributed by atoms with E-state index in [0.29, 0.717) is 40.5 Å². The van der Waals surface area contributed by atoms with E-state index >= 15 is 0 Å². The number of aromatic nitrogens is 2. The number of nitrogens with zero attached hydrogens (tertiary/aromatic N) is 2. The second-order valence-electron chi connectivity index (χ2n) is 6.51. The van der Waals surface area contributed by atoms with Crippen LogP contribution in [0.15, 0.2) is 66.7 Å². The van der Waals surface area contributed by atoms with Crippen LogP contribution in [-0.4, -0.2) is 10.2 Å². The topological polar surface area (TPSA) is 35.0 Å². The highest BCUT2D eigenvalue weighted by molar-refractivity contribution is 6.32. The highest BCUT2D eigenvalue weighted by atomic mass is 35.5. The van der Waals surface area contributed by atoms with Crippen molar-refractivity contribution in [3.8, 4) is 33.8 Å². The Balaban J connectivity index is 1.81. The molecule has 0 spiro atoms. The second kappa shape index (κ2) is 8.16. The molecule has 0 radical (unpaired) electrons. The Kier molecular flexibility index (Phi) is 5.42. The van der Waals surface area contributed by atoms with Gasteiger partial charge in [0.05, 0.1) is 11.3 Å². The zero-order valence-corrected chi connectivity index (χ0v) is 16.4. The molecule has 7 heteroatoms. The molecule has 0 aliphatic rings. The smallest absolute Gasteiger partial charge is 0.160 e. The van der Waals surface area contributed by atoms with E-state index in [-0.39, 0.29) is 10.7 Å². The summed E-state index contributed by atoms with van der Waals surface area (Å²) in [7, 11) is 0. The van der Waals surface area contributed by atoms with E-state index in [1.165, 1.54) is 0 Å². The number of benzene rings is 3. The van der Waals surface area contributed by atoms with E-state index in [2.05, 4.69) is 10.2 Å². The van der Waals surface area contributed by atoms with E-state index in [9.17, 15) is 13.2 Å². The molecule has 0 bridgehead atoms. The fraction of sp³-hybridized carbons (Fsp3) is 0.0435. The Morgan fingerprint density at radius 2 is 1.33 bits per heavy atom. The van der Waals surface area contributed by atoms with Crippen LogP contribution in [0.5, 0.6) is 11.5 Å². The van der Waals surface area contributed by atoms with Gasteiger partial charge in [0, 0.05) is 23.3 Å². The van der Waals surface area contributed by atoms with Crippen LogP contribution in [-0.2, 0) is 0 Å². The molecule has 4 aromatic rings. The number of para-hydroxylation sites is 1. The first kappa shape index (κ1) is 19.9. The van der Waals surface area contributed by atoms with Crippen LogP contribution in [0.4, 0.5) is 13.2 Å². The summed E-state index contributed by atoms with van der Waals surface area (Å²) in [5.74, 6) is -1.92. The molecule has 0 atom stereocenters. The van der Waals surface area contributed by atoms with Crippen molar-refractivity contribution < 1.29 is 17.9 Å². The molecule has 0 saturated heterocycles. The van der Waals surface area contributed by atoms with Gasteiger partial charge in [0.1, 0.15) is 29.0 Å². The van der Waals surface area contributed by atoms with Gasteiger partial charge in [-0.05, 0) is 36.8 Å². The van der Waals surface area contributed by atoms with Gasteiger partial charge >= 0.3 is 0 Å². The van der Waals surface area contributed by atoms with Gasteiger partial charge in [-0.2, -0.15) is 5.10 Å². The first-order valence-electron chi connectivity index (χ1n) is 8.95. The van der Waals surface area contributed by atoms with Crippen molar-refractivity contribution in [2.45, 2.75) is 6.92 Å². The molecular weight excluding hydrogens is 413 g/mol. The Morgan fingerprint density at radius 3 is 1.97 bits per heavy atom. The Labute approximate surface area is 175 Å². The number of rotatable bonds is 4. The molecule has 0 N–H and O–H groups in total. The fourth-order valence-electron chi connectivity index (χ4n) is 3.18. The predicted molar refractivity (Wildman–Crippen MR) is 109 cm³/mol. The maximum absolute atomic E-state index is 14.5. The molecule has 0 aliphatic carbocycles. The quantitative estimate of drug-likeness (QED) is 0.353. The second-order valence-corrected chi connectivity index (χ2v) is 6.87. The van der Waals surface area contributed by atoms with Crippen molar-refractivity contribution in [1.29, 1.82) is 0 Å². The number of ether oxygens (including phenoxy) is 1. The molecule has 1 heterocycles. The van der Waals surface area contributed by atoms with Crippen LogP contribution in [0.1, 0.15) is 5.69 Å². The normalized spacial score (nSPS) is 10.8. The molecule has 1 aromatic heterocycles. The van der Waals surface area contributed by atoms with Crippen molar-refractivity contribution >= 4 is 11.6 Å². The molecule has 30 heavy (non-hydrogen) atoms. The summed E-state index contributed by atoms with van der Waals surface area (Å²) < 4.78 is 48.2. The number of hydrogen-bond acceptors (Lipinski definition) is 3. The van der Waals surface area contributed by atoms with E-state index in [1.807, 2.05) is 30.3 Å². The van der Waals surface area contributed by atoms with Gasteiger partial charge in [0.25, 0.3) is 0 Å². The van der Waals surface area contributed by atoms with Crippen molar-refractivity contribution in [3.05, 3.63) is 95.0 Å². The monoisotopic (exact) mass is 426 g/mol. The fourth-order valence-corrected chi connectivity index (χ4v) is 3.41. The summed E-state index contributed by atoms with van der Waals surface area (Å²) >= 11 is 6.18. The standard InChI is InChI=1S/C23H14ClF3N2O/c1-13-20(14-7-9-17(10-8-14)30-16-5-3-2-4-6-16)22(23(24)29-28-13)21-18(26)11-15(25)12-19(21)27/h2-12H,1H3. The lowest BCUT2D eigenvalue weighted by atomic mass is 9.94. The van der Waals surface area contributed by atoms with Crippen molar-refractivity contribution in [2.24, 2.45) is 0 Å². The minimum absolute atomic E-state index is 0.0101. The highest BCUT2D eigenvalue weighted by Gasteiger charge is 2.23. The summed E-state index contributed by atoms with van der Waals surface area (Å²) in [5, 5.41) is 7.57. The molecule has 150 valence electrons. The van der Waals surface area contributed by atoms with Gasteiger partial charge in [-0.25, -0.2) is 13.2 Å². The molecule has 0 saturated carbocycles. The summed E-state index contributed by atoms with van der Waals surface area (Å²) in [5.41, 5.74) is 0.956. The highest BCUT2D eigenvalue weighted by Crippen LogP contribution is 2.41. The average molecular weight is 427 g/mol. The molecule has 3 nitrogen and oxygen atoms in total. The van der Waals surface area contributed by atoms with Crippen LogP contribution in [0.2, 0.25) is 5.15 Å². The Bertz CT molecular complexity index is 1190. The first-order chi connectivity index (χ1) is 14.4. The summed E-state index contributed by atoms with van der Waals surface area (Å²) in [6, 6.07) is 17.3. The number of aryl methyl sites for hydroxylation is 1. The molecular formula is C23H14ClF3N2O. The number of halogens is 4. The van der Waals surface area contributed by atoms with Crippen molar-refractivity contribution in [2.75, 3.05) is 0 Å². The first-order valence-corrected chi connectivity index (χ1v) is 9.33. The van der Waals surface area contributed by atoms with E-state index in [1.54, 1.807) is 31.2 Å². The largest absolute Gasteiger partial charge is 0.457 e. The van der Waals surface area contributed by atoms with Crippen LogP contribution in [0, 0.1) is 24.4 Å². The zero-order chi connectivity index (χ0) is 21.3. The van der Waals surface area contributed by atoms with E-state index < -0.39 is 23.0 Å². The zero-order valence-electron chi connectivity index (χ0n) is 15.7. The Morgan fingerprint density at radius 1 is 0.733 bits per heavy atom. The lowest BCUT2D eigenvalue weighted by Gasteiger charge is -2.15.